The highest BCUT2D eigenvalue weighted by molar-refractivity contribution is 5.92. The molecule has 4 rings (SSSR count). The average Bonchev–Trinajstić information content (AvgIpc) is 2.92. The molecule has 3 saturated carbocycles. The molecule has 0 aromatic rings. The van der Waals surface area contributed by atoms with Crippen molar-refractivity contribution in [1.82, 2.24) is 0 Å². The Morgan fingerprint density at radius 2 is 1.84 bits per heavy atom. The predicted molar refractivity (Wildman–Crippen MR) is 111 cm³/mol. The molecule has 0 unspecified atom stereocenters. The topological polar surface area (TPSA) is 121 Å². The quantitative estimate of drug-likeness (QED) is 0.578. The van der Waals surface area contributed by atoms with Crippen LogP contribution in [0.5, 0.6) is 0 Å². The van der Waals surface area contributed by atoms with E-state index in [0.29, 0.717) is 31.3 Å². The second kappa shape index (κ2) is 6.96. The second-order valence-corrected chi connectivity index (χ2v) is 11.0. The van der Waals surface area contributed by atoms with E-state index >= 15 is 0 Å². The first kappa shape index (κ1) is 22.6. The van der Waals surface area contributed by atoms with Crippen LogP contribution in [-0.2, 0) is 19.1 Å². The van der Waals surface area contributed by atoms with Gasteiger partial charge in [-0.15, -0.1) is 0 Å². The Morgan fingerprint density at radius 1 is 1.16 bits per heavy atom. The van der Waals surface area contributed by atoms with Gasteiger partial charge in [-0.25, -0.2) is 0 Å². The van der Waals surface area contributed by atoms with Crippen LogP contribution in [0.1, 0.15) is 66.2 Å². The van der Waals surface area contributed by atoms with E-state index in [1.165, 1.54) is 6.92 Å². The van der Waals surface area contributed by atoms with Crippen LogP contribution in [0.3, 0.4) is 0 Å². The number of rotatable bonds is 3. The Kier molecular flexibility index (Phi) is 5.08. The van der Waals surface area contributed by atoms with Gasteiger partial charge in [-0.05, 0) is 73.8 Å². The first-order valence-corrected chi connectivity index (χ1v) is 11.3. The molecule has 0 radical (unpaired) electrons. The Morgan fingerprint density at radius 3 is 2.48 bits per heavy atom. The molecule has 31 heavy (non-hydrogen) atoms. The Balaban J connectivity index is 1.72. The summed E-state index contributed by atoms with van der Waals surface area (Å²) in [6.07, 6.45) is 3.21. The molecule has 4 aliphatic rings. The number of ether oxygens (including phenoxy) is 1. The number of esters is 1. The first-order chi connectivity index (χ1) is 14.3. The zero-order valence-corrected chi connectivity index (χ0v) is 18.8. The standard InChI is InChI=1S/C24H34O7/c1-13(25)31-12-19(28)24(30)8-6-16-15-10-23(4,29)18-9-14(26)5-7-21(18,2)20(15)17(27)11-22(16,24)3/h9,15-17,20,27,29-30H,5-8,10-12H2,1-4H3/t15-,16-,17-,20+,21-,22-,23+,24-/m0/s1. The highest BCUT2D eigenvalue weighted by atomic mass is 16.5. The summed E-state index contributed by atoms with van der Waals surface area (Å²) in [6, 6.07) is 0. The van der Waals surface area contributed by atoms with E-state index in [1.807, 2.05) is 13.8 Å². The van der Waals surface area contributed by atoms with Gasteiger partial charge < -0.3 is 20.1 Å². The van der Waals surface area contributed by atoms with E-state index in [9.17, 15) is 29.7 Å². The van der Waals surface area contributed by atoms with Crippen molar-refractivity contribution in [3.63, 3.8) is 0 Å². The van der Waals surface area contributed by atoms with Crippen molar-refractivity contribution in [3.8, 4) is 0 Å². The molecular weight excluding hydrogens is 400 g/mol. The van der Waals surface area contributed by atoms with E-state index in [0.717, 1.165) is 0 Å². The number of fused-ring (bicyclic) bond motifs is 5. The van der Waals surface area contributed by atoms with Crippen LogP contribution < -0.4 is 0 Å². The van der Waals surface area contributed by atoms with Crippen molar-refractivity contribution in [3.05, 3.63) is 11.6 Å². The van der Waals surface area contributed by atoms with Crippen molar-refractivity contribution in [2.75, 3.05) is 6.61 Å². The number of hydrogen-bond donors (Lipinski definition) is 3. The molecule has 0 amide bonds. The van der Waals surface area contributed by atoms with Gasteiger partial charge in [-0.1, -0.05) is 13.8 Å². The van der Waals surface area contributed by atoms with Crippen molar-refractivity contribution >= 4 is 17.5 Å². The molecule has 172 valence electrons. The maximum absolute atomic E-state index is 12.9. The van der Waals surface area contributed by atoms with Crippen LogP contribution in [-0.4, -0.2) is 56.8 Å². The lowest BCUT2D eigenvalue weighted by atomic mass is 9.43. The summed E-state index contributed by atoms with van der Waals surface area (Å²) in [5.74, 6) is -1.44. The Hall–Kier alpha value is -1.57. The number of carbonyl (C=O) groups excluding carboxylic acids is 3. The van der Waals surface area contributed by atoms with Crippen molar-refractivity contribution < 1.29 is 34.4 Å². The SMILES string of the molecule is CC(=O)OCC(=O)[C@@]1(O)CC[C@H]2[C@@H]3C[C@@](C)(O)C4=CC(=O)CC[C@]4(C)[C@H]3[C@@H](O)C[C@@]21C. The molecular formula is C24H34O7. The summed E-state index contributed by atoms with van der Waals surface area (Å²) >= 11 is 0. The largest absolute Gasteiger partial charge is 0.458 e. The molecule has 4 aliphatic carbocycles. The maximum Gasteiger partial charge on any atom is 0.303 e. The Labute approximate surface area is 182 Å². The third-order valence-electron chi connectivity index (χ3n) is 9.23. The molecule has 7 heteroatoms. The maximum atomic E-state index is 12.9. The van der Waals surface area contributed by atoms with Gasteiger partial charge in [0.15, 0.2) is 12.4 Å². The van der Waals surface area contributed by atoms with E-state index in [2.05, 4.69) is 0 Å². The average molecular weight is 435 g/mol. The van der Waals surface area contributed by atoms with Gasteiger partial charge in [0.1, 0.15) is 5.60 Å². The van der Waals surface area contributed by atoms with Gasteiger partial charge in [0.2, 0.25) is 5.78 Å². The monoisotopic (exact) mass is 434 g/mol. The molecule has 0 heterocycles. The molecule has 0 aromatic carbocycles. The number of hydrogen-bond acceptors (Lipinski definition) is 7. The fourth-order valence-corrected chi connectivity index (χ4v) is 7.89. The summed E-state index contributed by atoms with van der Waals surface area (Å²) in [4.78, 5) is 36.3. The lowest BCUT2D eigenvalue weighted by Crippen LogP contribution is -2.65. The molecule has 0 bridgehead atoms. The lowest BCUT2D eigenvalue weighted by Gasteiger charge is -2.63. The van der Waals surface area contributed by atoms with Gasteiger partial charge in [-0.3, -0.25) is 14.4 Å². The minimum Gasteiger partial charge on any atom is -0.458 e. The van der Waals surface area contributed by atoms with Crippen LogP contribution in [0.2, 0.25) is 0 Å². The zero-order chi connectivity index (χ0) is 23.0. The minimum absolute atomic E-state index is 0.00708. The smallest absolute Gasteiger partial charge is 0.303 e. The highest BCUT2D eigenvalue weighted by Gasteiger charge is 2.70. The summed E-state index contributed by atoms with van der Waals surface area (Å²) in [6.45, 7) is 6.36. The number of carbonyl (C=O) groups is 3. The Bertz CT molecular complexity index is 860. The van der Waals surface area contributed by atoms with Crippen LogP contribution in [0.25, 0.3) is 0 Å². The fraction of sp³-hybridized carbons (Fsp3) is 0.792. The third-order valence-corrected chi connectivity index (χ3v) is 9.23. The van der Waals surface area contributed by atoms with Crippen LogP contribution >= 0.6 is 0 Å². The summed E-state index contributed by atoms with van der Waals surface area (Å²) in [5.41, 5.74) is -3.57. The summed E-state index contributed by atoms with van der Waals surface area (Å²) in [5, 5.41) is 34.3. The molecule has 7 nitrogen and oxygen atoms in total. The number of Topliss-reactive ketones (excluding diaryl/α,β-unsaturated/α-hetero) is 1. The summed E-state index contributed by atoms with van der Waals surface area (Å²) < 4.78 is 4.88. The molecule has 3 N–H and O–H groups in total. The van der Waals surface area contributed by atoms with Crippen molar-refractivity contribution in [2.45, 2.75) is 83.5 Å². The normalized spacial score (nSPS) is 48.9. The molecule has 3 fully saturated rings. The number of ketones is 2. The number of aliphatic hydroxyl groups excluding tert-OH is 1. The van der Waals surface area contributed by atoms with Crippen molar-refractivity contribution in [1.29, 1.82) is 0 Å². The molecule has 0 aliphatic heterocycles. The third kappa shape index (κ3) is 3.07. The summed E-state index contributed by atoms with van der Waals surface area (Å²) in [7, 11) is 0. The van der Waals surface area contributed by atoms with Gasteiger partial charge in [0, 0.05) is 18.8 Å². The van der Waals surface area contributed by atoms with E-state index in [-0.39, 0.29) is 36.4 Å². The second-order valence-electron chi connectivity index (χ2n) is 11.0. The fourth-order valence-electron chi connectivity index (χ4n) is 7.89. The van der Waals surface area contributed by atoms with E-state index < -0.39 is 46.5 Å². The van der Waals surface area contributed by atoms with Crippen LogP contribution in [0.4, 0.5) is 0 Å². The lowest BCUT2D eigenvalue weighted by molar-refractivity contribution is -0.194. The minimum atomic E-state index is -1.69. The molecule has 8 atom stereocenters. The first-order valence-electron chi connectivity index (χ1n) is 11.3. The van der Waals surface area contributed by atoms with E-state index in [1.54, 1.807) is 13.0 Å². The molecule has 0 aromatic heterocycles. The highest BCUT2D eigenvalue weighted by Crippen LogP contribution is 2.68. The molecule has 0 spiro atoms. The van der Waals surface area contributed by atoms with Gasteiger partial charge >= 0.3 is 5.97 Å². The van der Waals surface area contributed by atoms with Gasteiger partial charge in [-0.2, -0.15) is 0 Å². The van der Waals surface area contributed by atoms with Gasteiger partial charge in [0.25, 0.3) is 0 Å². The zero-order valence-electron chi connectivity index (χ0n) is 18.8. The van der Waals surface area contributed by atoms with Gasteiger partial charge in [0.05, 0.1) is 11.7 Å². The van der Waals surface area contributed by atoms with E-state index in [4.69, 9.17) is 4.74 Å². The van der Waals surface area contributed by atoms with Crippen molar-refractivity contribution in [2.24, 2.45) is 28.6 Å². The van der Waals surface area contributed by atoms with Crippen LogP contribution in [0, 0.1) is 28.6 Å². The predicted octanol–water partition coefficient (Wildman–Crippen LogP) is 1.71. The van der Waals surface area contributed by atoms with Crippen LogP contribution in [0.15, 0.2) is 11.6 Å². The number of aliphatic hydroxyl groups is 3. The molecule has 0 saturated heterocycles.